The number of halogens is 1. The van der Waals surface area contributed by atoms with Gasteiger partial charge in [-0.05, 0) is 12.1 Å². The number of hydrogen-bond acceptors (Lipinski definition) is 3. The van der Waals surface area contributed by atoms with Gasteiger partial charge in [0.1, 0.15) is 5.82 Å². The molecule has 0 atom stereocenters. The molecular weight excluding hydrogens is 193 g/mol. The number of benzene rings is 1. The lowest BCUT2D eigenvalue weighted by molar-refractivity contribution is 0.630. The molecule has 76 valence electrons. The predicted octanol–water partition coefficient (Wildman–Crippen LogP) is 2.23. The minimum Gasteiger partial charge on any atom is -0.377 e. The van der Waals surface area contributed by atoms with Crippen LogP contribution in [0.1, 0.15) is 5.69 Å². The fourth-order valence-electron chi connectivity index (χ4n) is 1.21. The predicted molar refractivity (Wildman–Crippen MR) is 55.8 cm³/mol. The largest absolute Gasteiger partial charge is 0.377 e. The Labute approximate surface area is 87.0 Å². The molecule has 2 aromatic rings. The van der Waals surface area contributed by atoms with E-state index >= 15 is 0 Å². The molecule has 1 aromatic heterocycles. The zero-order valence-corrected chi connectivity index (χ0v) is 8.02. The highest BCUT2D eigenvalue weighted by molar-refractivity contribution is 5.44. The van der Waals surface area contributed by atoms with E-state index in [9.17, 15) is 4.39 Å². The van der Waals surface area contributed by atoms with Gasteiger partial charge in [0.25, 0.3) is 0 Å². The summed E-state index contributed by atoms with van der Waals surface area (Å²) in [5.74, 6) is -0.263. The van der Waals surface area contributed by atoms with E-state index in [-0.39, 0.29) is 5.82 Å². The Balaban J connectivity index is 2.03. The number of hydrogen-bond donors (Lipinski definition) is 1. The van der Waals surface area contributed by atoms with Crippen LogP contribution in [0, 0.1) is 5.82 Å². The third kappa shape index (κ3) is 2.49. The van der Waals surface area contributed by atoms with Crippen LogP contribution in [0.4, 0.5) is 10.1 Å². The van der Waals surface area contributed by atoms with Crippen LogP contribution in [0.15, 0.2) is 42.9 Å². The number of nitrogens with one attached hydrogen (secondary N) is 1. The second kappa shape index (κ2) is 4.50. The van der Waals surface area contributed by atoms with Gasteiger partial charge in [0.05, 0.1) is 24.1 Å². The van der Waals surface area contributed by atoms with E-state index in [1.807, 2.05) is 0 Å². The average molecular weight is 203 g/mol. The average Bonchev–Trinajstić information content (AvgIpc) is 2.29. The van der Waals surface area contributed by atoms with Gasteiger partial charge in [0.2, 0.25) is 0 Å². The van der Waals surface area contributed by atoms with Crippen LogP contribution in [0.25, 0.3) is 0 Å². The minimum atomic E-state index is -0.263. The van der Waals surface area contributed by atoms with Crippen molar-refractivity contribution in [3.63, 3.8) is 0 Å². The summed E-state index contributed by atoms with van der Waals surface area (Å²) in [6, 6.07) is 6.54. The van der Waals surface area contributed by atoms with Crippen molar-refractivity contribution < 1.29 is 4.39 Å². The molecule has 0 fully saturated rings. The summed E-state index contributed by atoms with van der Waals surface area (Å²) in [6.45, 7) is 0.467. The molecule has 0 aliphatic rings. The highest BCUT2D eigenvalue weighted by Crippen LogP contribution is 2.12. The lowest BCUT2D eigenvalue weighted by Crippen LogP contribution is -2.03. The van der Waals surface area contributed by atoms with E-state index in [2.05, 4.69) is 15.3 Å². The summed E-state index contributed by atoms with van der Waals surface area (Å²) < 4.78 is 13.2. The van der Waals surface area contributed by atoms with E-state index in [0.29, 0.717) is 12.2 Å². The van der Waals surface area contributed by atoms with Crippen molar-refractivity contribution in [2.75, 3.05) is 5.32 Å². The molecule has 2 rings (SSSR count). The Morgan fingerprint density at radius 2 is 2.07 bits per heavy atom. The van der Waals surface area contributed by atoms with Crippen LogP contribution in [0.5, 0.6) is 0 Å². The molecule has 3 nitrogen and oxygen atoms in total. The maximum Gasteiger partial charge on any atom is 0.146 e. The minimum absolute atomic E-state index is 0.263. The second-order valence-electron chi connectivity index (χ2n) is 3.03. The quantitative estimate of drug-likeness (QED) is 0.831. The Hall–Kier alpha value is -1.97. The van der Waals surface area contributed by atoms with Crippen molar-refractivity contribution in [1.29, 1.82) is 0 Å². The van der Waals surface area contributed by atoms with Gasteiger partial charge in [0.15, 0.2) is 0 Å². The highest BCUT2D eigenvalue weighted by atomic mass is 19.1. The van der Waals surface area contributed by atoms with Gasteiger partial charge in [-0.25, -0.2) is 4.39 Å². The Morgan fingerprint density at radius 1 is 1.20 bits per heavy atom. The van der Waals surface area contributed by atoms with Crippen LogP contribution >= 0.6 is 0 Å². The molecule has 0 amide bonds. The van der Waals surface area contributed by atoms with Gasteiger partial charge in [-0.3, -0.25) is 9.97 Å². The topological polar surface area (TPSA) is 37.8 Å². The fraction of sp³-hybridized carbons (Fsp3) is 0.0909. The molecule has 0 spiro atoms. The third-order valence-corrected chi connectivity index (χ3v) is 1.95. The first-order chi connectivity index (χ1) is 7.36. The maximum atomic E-state index is 13.2. The van der Waals surface area contributed by atoms with Crippen molar-refractivity contribution in [2.45, 2.75) is 6.54 Å². The Bertz CT molecular complexity index is 431. The fourth-order valence-corrected chi connectivity index (χ4v) is 1.21. The van der Waals surface area contributed by atoms with Crippen molar-refractivity contribution in [2.24, 2.45) is 0 Å². The van der Waals surface area contributed by atoms with Crippen molar-refractivity contribution >= 4 is 5.69 Å². The molecule has 0 aliphatic heterocycles. The molecular formula is C11H10FN3. The molecule has 1 heterocycles. The molecule has 0 bridgehead atoms. The van der Waals surface area contributed by atoms with Crippen LogP contribution in [-0.4, -0.2) is 9.97 Å². The molecule has 0 unspecified atom stereocenters. The van der Waals surface area contributed by atoms with E-state index in [1.165, 1.54) is 6.07 Å². The van der Waals surface area contributed by atoms with E-state index in [4.69, 9.17) is 0 Å². The van der Waals surface area contributed by atoms with Crippen LogP contribution in [-0.2, 0) is 6.54 Å². The number of anilines is 1. The van der Waals surface area contributed by atoms with Gasteiger partial charge < -0.3 is 5.32 Å². The van der Waals surface area contributed by atoms with E-state index < -0.39 is 0 Å². The van der Waals surface area contributed by atoms with E-state index in [1.54, 1.807) is 36.8 Å². The maximum absolute atomic E-state index is 13.2. The SMILES string of the molecule is Fc1ccccc1NCc1cnccn1. The molecule has 1 aromatic carbocycles. The molecule has 0 saturated carbocycles. The zero-order valence-electron chi connectivity index (χ0n) is 8.02. The summed E-state index contributed by atoms with van der Waals surface area (Å²) in [7, 11) is 0. The molecule has 4 heteroatoms. The first-order valence-electron chi connectivity index (χ1n) is 4.59. The Morgan fingerprint density at radius 3 is 2.80 bits per heavy atom. The Kier molecular flexibility index (Phi) is 2.88. The van der Waals surface area contributed by atoms with Gasteiger partial charge in [-0.1, -0.05) is 12.1 Å². The van der Waals surface area contributed by atoms with Crippen LogP contribution < -0.4 is 5.32 Å². The smallest absolute Gasteiger partial charge is 0.146 e. The van der Waals surface area contributed by atoms with Crippen molar-refractivity contribution in [3.05, 3.63) is 54.4 Å². The van der Waals surface area contributed by atoms with E-state index in [0.717, 1.165) is 5.69 Å². The van der Waals surface area contributed by atoms with Gasteiger partial charge >= 0.3 is 0 Å². The van der Waals surface area contributed by atoms with Crippen molar-refractivity contribution in [1.82, 2.24) is 9.97 Å². The number of rotatable bonds is 3. The van der Waals surface area contributed by atoms with Gasteiger partial charge in [-0.2, -0.15) is 0 Å². The standard InChI is InChI=1S/C11H10FN3/c12-10-3-1-2-4-11(10)15-8-9-7-13-5-6-14-9/h1-7,15H,8H2. The number of nitrogens with zero attached hydrogens (tertiary/aromatic N) is 2. The highest BCUT2D eigenvalue weighted by Gasteiger charge is 1.99. The summed E-state index contributed by atoms with van der Waals surface area (Å²) >= 11 is 0. The van der Waals surface area contributed by atoms with Crippen molar-refractivity contribution in [3.8, 4) is 0 Å². The molecule has 0 radical (unpaired) electrons. The number of aromatic nitrogens is 2. The van der Waals surface area contributed by atoms with Gasteiger partial charge in [-0.15, -0.1) is 0 Å². The number of para-hydroxylation sites is 1. The molecule has 15 heavy (non-hydrogen) atoms. The van der Waals surface area contributed by atoms with Gasteiger partial charge in [0, 0.05) is 12.4 Å². The first kappa shape index (κ1) is 9.58. The summed E-state index contributed by atoms with van der Waals surface area (Å²) in [5, 5.41) is 2.95. The lowest BCUT2D eigenvalue weighted by atomic mass is 10.3. The summed E-state index contributed by atoms with van der Waals surface area (Å²) in [4.78, 5) is 8.00. The third-order valence-electron chi connectivity index (χ3n) is 1.95. The van der Waals surface area contributed by atoms with Crippen LogP contribution in [0.3, 0.4) is 0 Å². The normalized spacial score (nSPS) is 9.93. The summed E-state index contributed by atoms with van der Waals surface area (Å²) in [5.41, 5.74) is 1.25. The summed E-state index contributed by atoms with van der Waals surface area (Å²) in [6.07, 6.45) is 4.86. The molecule has 0 aliphatic carbocycles. The zero-order chi connectivity index (χ0) is 10.5. The lowest BCUT2D eigenvalue weighted by Gasteiger charge is -2.05. The monoisotopic (exact) mass is 203 g/mol. The first-order valence-corrected chi connectivity index (χ1v) is 4.59. The second-order valence-corrected chi connectivity index (χ2v) is 3.03. The molecule has 1 N–H and O–H groups in total. The van der Waals surface area contributed by atoms with Crippen LogP contribution in [0.2, 0.25) is 0 Å². The molecule has 0 saturated heterocycles.